The summed E-state index contributed by atoms with van der Waals surface area (Å²) in [5, 5.41) is 0. The molecule has 2 aromatic rings. The van der Waals surface area contributed by atoms with Crippen molar-refractivity contribution < 1.29 is 22.0 Å². The van der Waals surface area contributed by atoms with Crippen LogP contribution in [0.25, 0.3) is 6.08 Å². The fourth-order valence-corrected chi connectivity index (χ4v) is 4.17. The van der Waals surface area contributed by atoms with E-state index in [4.69, 9.17) is 0 Å². The van der Waals surface area contributed by atoms with Crippen LogP contribution in [0.15, 0.2) is 59.5 Å². The van der Waals surface area contributed by atoms with Crippen LogP contribution in [0.4, 0.5) is 8.78 Å². The number of sulfonamides is 1. The summed E-state index contributed by atoms with van der Waals surface area (Å²) < 4.78 is 52.3. The molecule has 2 aromatic carbocycles. The second-order valence-corrected chi connectivity index (χ2v) is 8.01. The van der Waals surface area contributed by atoms with Gasteiger partial charge in [0.15, 0.2) is 0 Å². The van der Waals surface area contributed by atoms with E-state index in [1.807, 2.05) is 0 Å². The van der Waals surface area contributed by atoms with Gasteiger partial charge in [-0.25, -0.2) is 17.2 Å². The molecule has 0 N–H and O–H groups in total. The molecule has 0 atom stereocenters. The van der Waals surface area contributed by atoms with Gasteiger partial charge in [0.05, 0.1) is 4.90 Å². The average molecular weight is 392 g/mol. The molecule has 3 rings (SSSR count). The number of rotatable bonds is 4. The molecule has 1 fully saturated rings. The summed E-state index contributed by atoms with van der Waals surface area (Å²) in [5.41, 5.74) is 0.697. The Balaban J connectivity index is 1.60. The van der Waals surface area contributed by atoms with Gasteiger partial charge >= 0.3 is 0 Å². The van der Waals surface area contributed by atoms with Gasteiger partial charge in [-0.15, -0.1) is 0 Å². The highest BCUT2D eigenvalue weighted by atomic mass is 32.2. The summed E-state index contributed by atoms with van der Waals surface area (Å²) in [6, 6.07) is 10.4. The van der Waals surface area contributed by atoms with Crippen LogP contribution in [0, 0.1) is 11.6 Å². The largest absolute Gasteiger partial charge is 0.337 e. The monoisotopic (exact) mass is 392 g/mol. The molecular weight excluding hydrogens is 374 g/mol. The van der Waals surface area contributed by atoms with E-state index >= 15 is 0 Å². The summed E-state index contributed by atoms with van der Waals surface area (Å²) in [4.78, 5) is 13.8. The van der Waals surface area contributed by atoms with Crippen LogP contribution in [-0.2, 0) is 14.8 Å². The normalized spacial score (nSPS) is 16.0. The van der Waals surface area contributed by atoms with Gasteiger partial charge < -0.3 is 4.90 Å². The quantitative estimate of drug-likeness (QED) is 0.752. The molecule has 1 saturated heterocycles. The second kappa shape index (κ2) is 7.98. The molecule has 0 saturated carbocycles. The lowest BCUT2D eigenvalue weighted by molar-refractivity contribution is -0.127. The topological polar surface area (TPSA) is 57.7 Å². The molecule has 0 radical (unpaired) electrons. The first-order chi connectivity index (χ1) is 12.9. The minimum absolute atomic E-state index is 0.0277. The van der Waals surface area contributed by atoms with Crippen molar-refractivity contribution in [1.29, 1.82) is 0 Å². The van der Waals surface area contributed by atoms with E-state index in [-0.39, 0.29) is 42.8 Å². The highest BCUT2D eigenvalue weighted by molar-refractivity contribution is 7.89. The third kappa shape index (κ3) is 4.58. The smallest absolute Gasteiger partial charge is 0.246 e. The van der Waals surface area contributed by atoms with E-state index in [0.29, 0.717) is 5.56 Å². The highest BCUT2D eigenvalue weighted by Crippen LogP contribution is 2.18. The van der Waals surface area contributed by atoms with Crippen LogP contribution >= 0.6 is 0 Å². The van der Waals surface area contributed by atoms with Crippen LogP contribution in [-0.4, -0.2) is 49.7 Å². The molecule has 1 aliphatic heterocycles. The van der Waals surface area contributed by atoms with Crippen LogP contribution < -0.4 is 0 Å². The van der Waals surface area contributed by atoms with Gasteiger partial charge in [-0.05, 0) is 48.0 Å². The number of hydrogen-bond acceptors (Lipinski definition) is 3. The molecule has 0 spiro atoms. The molecular formula is C19H18F2N2O3S. The third-order valence-corrected chi connectivity index (χ3v) is 6.20. The number of benzene rings is 2. The Bertz CT molecular complexity index is 934. The number of halogens is 2. The molecule has 27 heavy (non-hydrogen) atoms. The molecule has 0 aromatic heterocycles. The van der Waals surface area contributed by atoms with Crippen molar-refractivity contribution in [3.05, 3.63) is 71.8 Å². The minimum atomic E-state index is -3.71. The Labute approximate surface area is 156 Å². The predicted molar refractivity (Wildman–Crippen MR) is 97.2 cm³/mol. The van der Waals surface area contributed by atoms with Gasteiger partial charge in [0.2, 0.25) is 15.9 Å². The first kappa shape index (κ1) is 19.2. The molecule has 8 heteroatoms. The Morgan fingerprint density at radius 2 is 1.37 bits per heavy atom. The van der Waals surface area contributed by atoms with E-state index in [0.717, 1.165) is 12.1 Å². The number of nitrogens with zero attached hydrogens (tertiary/aromatic N) is 2. The van der Waals surface area contributed by atoms with E-state index in [9.17, 15) is 22.0 Å². The van der Waals surface area contributed by atoms with Gasteiger partial charge in [0.1, 0.15) is 11.6 Å². The molecule has 0 unspecified atom stereocenters. The molecule has 1 aliphatic rings. The van der Waals surface area contributed by atoms with E-state index in [1.54, 1.807) is 23.1 Å². The zero-order valence-electron chi connectivity index (χ0n) is 14.4. The molecule has 5 nitrogen and oxygen atoms in total. The van der Waals surface area contributed by atoms with Crippen molar-refractivity contribution >= 4 is 22.0 Å². The van der Waals surface area contributed by atoms with Gasteiger partial charge in [-0.1, -0.05) is 12.1 Å². The van der Waals surface area contributed by atoms with Crippen LogP contribution in [0.1, 0.15) is 5.56 Å². The summed E-state index contributed by atoms with van der Waals surface area (Å²) in [6.07, 6.45) is 2.97. The van der Waals surface area contributed by atoms with Crippen molar-refractivity contribution in [1.82, 2.24) is 9.21 Å². The average Bonchev–Trinajstić information content (AvgIpc) is 2.68. The lowest BCUT2D eigenvalue weighted by atomic mass is 10.2. The van der Waals surface area contributed by atoms with Crippen molar-refractivity contribution in [2.45, 2.75) is 4.90 Å². The maximum atomic E-state index is 13.0. The predicted octanol–water partition coefficient (Wildman–Crippen LogP) is 2.51. The molecule has 0 aliphatic carbocycles. The Kier molecular flexibility index (Phi) is 5.67. The summed E-state index contributed by atoms with van der Waals surface area (Å²) >= 11 is 0. The Morgan fingerprint density at radius 1 is 0.852 bits per heavy atom. The molecule has 0 bridgehead atoms. The van der Waals surface area contributed by atoms with Crippen LogP contribution in [0.2, 0.25) is 0 Å². The second-order valence-electron chi connectivity index (χ2n) is 6.07. The summed E-state index contributed by atoms with van der Waals surface area (Å²) in [5.74, 6) is -1.09. The lowest BCUT2D eigenvalue weighted by Crippen LogP contribution is -2.50. The Morgan fingerprint density at radius 3 is 1.93 bits per heavy atom. The van der Waals surface area contributed by atoms with Gasteiger partial charge in [0, 0.05) is 32.3 Å². The highest BCUT2D eigenvalue weighted by Gasteiger charge is 2.29. The number of carbonyl (C=O) groups excluding carboxylic acids is 1. The fourth-order valence-electron chi connectivity index (χ4n) is 2.75. The fraction of sp³-hybridized carbons (Fsp3) is 0.211. The van der Waals surface area contributed by atoms with Gasteiger partial charge in [-0.3, -0.25) is 4.79 Å². The van der Waals surface area contributed by atoms with E-state index < -0.39 is 15.8 Å². The molecule has 1 amide bonds. The van der Waals surface area contributed by atoms with Crippen molar-refractivity contribution in [2.75, 3.05) is 26.2 Å². The number of carbonyl (C=O) groups is 1. The van der Waals surface area contributed by atoms with Crippen LogP contribution in [0.3, 0.4) is 0 Å². The molecule has 1 heterocycles. The van der Waals surface area contributed by atoms with E-state index in [2.05, 4.69) is 0 Å². The SMILES string of the molecule is O=C(/C=C/c1ccc(F)cc1)N1CCN(S(=O)(=O)c2ccc(F)cc2)CC1. The first-order valence-electron chi connectivity index (χ1n) is 8.34. The summed E-state index contributed by atoms with van der Waals surface area (Å²) in [6.45, 7) is 0.839. The van der Waals surface area contributed by atoms with E-state index in [1.165, 1.54) is 34.6 Å². The lowest BCUT2D eigenvalue weighted by Gasteiger charge is -2.33. The number of piperazine rings is 1. The first-order valence-corrected chi connectivity index (χ1v) is 9.78. The van der Waals surface area contributed by atoms with Crippen LogP contribution in [0.5, 0.6) is 0 Å². The minimum Gasteiger partial charge on any atom is -0.337 e. The molecule has 142 valence electrons. The van der Waals surface area contributed by atoms with Gasteiger partial charge in [-0.2, -0.15) is 4.31 Å². The zero-order chi connectivity index (χ0) is 19.4. The van der Waals surface area contributed by atoms with Gasteiger partial charge in [0.25, 0.3) is 0 Å². The van der Waals surface area contributed by atoms with Crippen molar-refractivity contribution in [2.24, 2.45) is 0 Å². The maximum absolute atomic E-state index is 13.0. The standard InChI is InChI=1S/C19H18F2N2O3S/c20-16-4-1-15(2-5-16)3-10-19(24)22-11-13-23(14-12-22)27(25,26)18-8-6-17(21)7-9-18/h1-10H,11-14H2/b10-3+. The maximum Gasteiger partial charge on any atom is 0.246 e. The number of hydrogen-bond donors (Lipinski definition) is 0. The third-order valence-electron chi connectivity index (χ3n) is 4.29. The Hall–Kier alpha value is -2.58. The zero-order valence-corrected chi connectivity index (χ0v) is 15.2. The van der Waals surface area contributed by atoms with Crippen molar-refractivity contribution in [3.8, 4) is 0 Å². The van der Waals surface area contributed by atoms with Crippen molar-refractivity contribution in [3.63, 3.8) is 0 Å². The summed E-state index contributed by atoms with van der Waals surface area (Å²) in [7, 11) is -3.71. The number of amides is 1.